The van der Waals surface area contributed by atoms with E-state index in [0.29, 0.717) is 0 Å². The van der Waals surface area contributed by atoms with Crippen LogP contribution in [-0.4, -0.2) is 14.0 Å². The van der Waals surface area contributed by atoms with Crippen LogP contribution in [0.2, 0.25) is 6.82 Å². The third-order valence-corrected chi connectivity index (χ3v) is 0.539. The second kappa shape index (κ2) is 4.76. The average molecular weight is 82.9 g/mol. The van der Waals surface area contributed by atoms with Crippen molar-refractivity contribution < 1.29 is 0 Å². The molecule has 0 saturated heterocycles. The first-order valence-electron chi connectivity index (χ1n) is 2.23. The number of hydrogen-bond acceptors (Lipinski definition) is 1. The summed E-state index contributed by atoms with van der Waals surface area (Å²) >= 11 is 0. The lowest BCUT2D eigenvalue weighted by atomic mass is 10.0. The zero-order valence-corrected chi connectivity index (χ0v) is 4.20. The highest BCUT2D eigenvalue weighted by molar-refractivity contribution is 6.29. The van der Waals surface area contributed by atoms with Crippen LogP contribution in [0.5, 0.6) is 0 Å². The van der Waals surface area contributed by atoms with E-state index in [1.54, 1.807) is 0 Å². The highest BCUT2D eigenvalue weighted by atomic mass is 14.7. The van der Waals surface area contributed by atoms with Gasteiger partial charge in [-0.3, -0.25) is 0 Å². The van der Waals surface area contributed by atoms with Crippen molar-refractivity contribution in [3.63, 3.8) is 0 Å². The monoisotopic (exact) mass is 83.1 g/mol. The molecule has 0 heterocycles. The highest BCUT2D eigenvalue weighted by Gasteiger charge is 1.70. The first-order chi connectivity index (χ1) is 2.91. The summed E-state index contributed by atoms with van der Waals surface area (Å²) < 4.78 is 0. The standard InChI is InChI=1S/C4H10BN/c1-3-4-6-5-2/h3,5-6H,1,4H2,2H3. The maximum Gasteiger partial charge on any atom is 0.198 e. The number of rotatable bonds is 3. The largest absolute Gasteiger partial charge is 0.356 e. The molecule has 1 N–H and O–H groups in total. The fourth-order valence-electron chi connectivity index (χ4n) is 0.246. The molecule has 0 saturated carbocycles. The minimum absolute atomic E-state index is 0.927. The second-order valence-corrected chi connectivity index (χ2v) is 1.10. The lowest BCUT2D eigenvalue weighted by Crippen LogP contribution is -2.14. The molecule has 0 radical (unpaired) electrons. The van der Waals surface area contributed by atoms with E-state index in [-0.39, 0.29) is 0 Å². The van der Waals surface area contributed by atoms with Gasteiger partial charge in [0.2, 0.25) is 0 Å². The molecule has 0 spiro atoms. The van der Waals surface area contributed by atoms with Crippen molar-refractivity contribution in [1.82, 2.24) is 5.23 Å². The van der Waals surface area contributed by atoms with E-state index in [1.807, 2.05) is 6.08 Å². The molecule has 0 aromatic heterocycles. The zero-order chi connectivity index (χ0) is 4.83. The SMILES string of the molecule is C=CCNBC. The van der Waals surface area contributed by atoms with Crippen molar-refractivity contribution in [1.29, 1.82) is 0 Å². The summed E-state index contributed by atoms with van der Waals surface area (Å²) in [6, 6.07) is 0. The van der Waals surface area contributed by atoms with E-state index in [4.69, 9.17) is 0 Å². The van der Waals surface area contributed by atoms with Gasteiger partial charge in [0.25, 0.3) is 0 Å². The van der Waals surface area contributed by atoms with Crippen LogP contribution in [0.3, 0.4) is 0 Å². The quantitative estimate of drug-likeness (QED) is 0.291. The Morgan fingerprint density at radius 2 is 2.67 bits per heavy atom. The fourth-order valence-corrected chi connectivity index (χ4v) is 0.246. The molecule has 0 aliphatic rings. The van der Waals surface area contributed by atoms with Crippen molar-refractivity contribution in [3.8, 4) is 0 Å². The normalized spacial score (nSPS) is 7.50. The van der Waals surface area contributed by atoms with Gasteiger partial charge in [-0.1, -0.05) is 12.9 Å². The molecule has 0 aromatic rings. The molecular formula is C4H10BN. The van der Waals surface area contributed by atoms with Gasteiger partial charge >= 0.3 is 0 Å². The summed E-state index contributed by atoms with van der Waals surface area (Å²) in [5.41, 5.74) is 0. The average Bonchev–Trinajstić information content (AvgIpc) is 1.61. The van der Waals surface area contributed by atoms with E-state index in [1.165, 1.54) is 0 Å². The summed E-state index contributed by atoms with van der Waals surface area (Å²) in [6.45, 7) is 6.54. The Kier molecular flexibility index (Phi) is 4.58. The molecule has 0 bridgehead atoms. The smallest absolute Gasteiger partial charge is 0.198 e. The second-order valence-electron chi connectivity index (χ2n) is 1.10. The molecule has 6 heavy (non-hydrogen) atoms. The van der Waals surface area contributed by atoms with Gasteiger partial charge < -0.3 is 5.23 Å². The molecule has 0 aliphatic heterocycles. The summed E-state index contributed by atoms with van der Waals surface area (Å²) in [4.78, 5) is 0. The Bertz CT molecular complexity index is 36.5. The minimum Gasteiger partial charge on any atom is -0.356 e. The van der Waals surface area contributed by atoms with E-state index in [2.05, 4.69) is 18.6 Å². The van der Waals surface area contributed by atoms with E-state index < -0.39 is 0 Å². The molecule has 0 atom stereocenters. The van der Waals surface area contributed by atoms with Crippen LogP contribution < -0.4 is 5.23 Å². The van der Waals surface area contributed by atoms with E-state index in [9.17, 15) is 0 Å². The predicted molar refractivity (Wildman–Crippen MR) is 31.2 cm³/mol. The molecule has 0 aromatic carbocycles. The van der Waals surface area contributed by atoms with Gasteiger partial charge in [0.15, 0.2) is 7.41 Å². The molecule has 2 heteroatoms. The van der Waals surface area contributed by atoms with Crippen molar-refractivity contribution in [2.75, 3.05) is 6.54 Å². The summed E-state index contributed by atoms with van der Waals surface area (Å²) in [5, 5.41) is 3.08. The highest BCUT2D eigenvalue weighted by Crippen LogP contribution is 1.53. The number of hydrogen-bond donors (Lipinski definition) is 1. The third kappa shape index (κ3) is 3.76. The Morgan fingerprint density at radius 1 is 2.00 bits per heavy atom. The molecule has 0 unspecified atom stereocenters. The van der Waals surface area contributed by atoms with Gasteiger partial charge in [-0.25, -0.2) is 0 Å². The van der Waals surface area contributed by atoms with E-state index >= 15 is 0 Å². The lowest BCUT2D eigenvalue weighted by molar-refractivity contribution is 1.10. The number of nitrogens with one attached hydrogen (secondary N) is 1. The van der Waals surface area contributed by atoms with Crippen molar-refractivity contribution >= 4 is 7.41 Å². The molecule has 0 aliphatic carbocycles. The zero-order valence-electron chi connectivity index (χ0n) is 4.20. The first-order valence-corrected chi connectivity index (χ1v) is 2.23. The van der Waals surface area contributed by atoms with Gasteiger partial charge in [0.1, 0.15) is 0 Å². The van der Waals surface area contributed by atoms with Crippen molar-refractivity contribution in [2.24, 2.45) is 0 Å². The van der Waals surface area contributed by atoms with Crippen LogP contribution in [0.15, 0.2) is 12.7 Å². The van der Waals surface area contributed by atoms with Crippen LogP contribution >= 0.6 is 0 Å². The molecule has 1 nitrogen and oxygen atoms in total. The van der Waals surface area contributed by atoms with Gasteiger partial charge in [0.05, 0.1) is 0 Å². The van der Waals surface area contributed by atoms with Gasteiger partial charge in [-0.05, 0) is 0 Å². The first kappa shape index (κ1) is 5.76. The predicted octanol–water partition coefficient (Wildman–Crippen LogP) is 0.162. The van der Waals surface area contributed by atoms with E-state index in [0.717, 1.165) is 14.0 Å². The van der Waals surface area contributed by atoms with Crippen LogP contribution in [0.4, 0.5) is 0 Å². The molecule has 34 valence electrons. The van der Waals surface area contributed by atoms with Crippen LogP contribution in [0.25, 0.3) is 0 Å². The Balaban J connectivity index is 2.49. The van der Waals surface area contributed by atoms with Crippen molar-refractivity contribution in [3.05, 3.63) is 12.7 Å². The van der Waals surface area contributed by atoms with Crippen LogP contribution in [0.1, 0.15) is 0 Å². The van der Waals surface area contributed by atoms with Gasteiger partial charge in [-0.2, -0.15) is 0 Å². The topological polar surface area (TPSA) is 12.0 Å². The fraction of sp³-hybridized carbons (Fsp3) is 0.500. The lowest BCUT2D eigenvalue weighted by Gasteiger charge is -1.86. The maximum absolute atomic E-state index is 3.54. The Morgan fingerprint density at radius 3 is 2.83 bits per heavy atom. The molecule has 0 fully saturated rings. The summed E-state index contributed by atoms with van der Waals surface area (Å²) in [7, 11) is 1.03. The van der Waals surface area contributed by atoms with Crippen LogP contribution in [0, 0.1) is 0 Å². The Hall–Kier alpha value is -0.235. The van der Waals surface area contributed by atoms with Gasteiger partial charge in [0, 0.05) is 6.54 Å². The summed E-state index contributed by atoms with van der Waals surface area (Å²) in [5.74, 6) is 0. The molecular weight excluding hydrogens is 72.9 g/mol. The van der Waals surface area contributed by atoms with Crippen molar-refractivity contribution in [2.45, 2.75) is 6.82 Å². The Labute approximate surface area is 39.7 Å². The molecule has 0 amide bonds. The minimum atomic E-state index is 0.927. The maximum atomic E-state index is 3.54. The van der Waals surface area contributed by atoms with Gasteiger partial charge in [-0.15, -0.1) is 6.58 Å². The summed E-state index contributed by atoms with van der Waals surface area (Å²) in [6.07, 6.45) is 1.85. The molecule has 0 rings (SSSR count). The third-order valence-electron chi connectivity index (χ3n) is 0.539. The van der Waals surface area contributed by atoms with Crippen LogP contribution in [-0.2, 0) is 0 Å².